The Labute approximate surface area is 131 Å². The van der Waals surface area contributed by atoms with Crippen molar-refractivity contribution >= 4 is 11.6 Å². The number of rotatable bonds is 6. The highest BCUT2D eigenvalue weighted by molar-refractivity contribution is 5.91. The number of quaternary nitrogens is 1. The summed E-state index contributed by atoms with van der Waals surface area (Å²) < 4.78 is 5.35. The van der Waals surface area contributed by atoms with Crippen LogP contribution in [0.1, 0.15) is 11.1 Å². The Morgan fingerprint density at radius 2 is 1.95 bits per heavy atom. The van der Waals surface area contributed by atoms with Crippen molar-refractivity contribution in [2.24, 2.45) is 0 Å². The summed E-state index contributed by atoms with van der Waals surface area (Å²) in [4.78, 5) is 13.2. The Balaban J connectivity index is 1.91. The third-order valence-corrected chi connectivity index (χ3v) is 3.45. The summed E-state index contributed by atoms with van der Waals surface area (Å²) >= 11 is 0. The zero-order chi connectivity index (χ0) is 15.9. The van der Waals surface area contributed by atoms with Crippen LogP contribution in [-0.2, 0) is 11.3 Å². The van der Waals surface area contributed by atoms with Crippen molar-refractivity contribution in [3.8, 4) is 5.75 Å². The van der Waals surface area contributed by atoms with E-state index in [1.54, 1.807) is 7.11 Å². The van der Waals surface area contributed by atoms with Gasteiger partial charge in [0.15, 0.2) is 6.54 Å². The van der Waals surface area contributed by atoms with Crippen LogP contribution < -0.4 is 15.0 Å². The van der Waals surface area contributed by atoms with Crippen LogP contribution >= 0.6 is 0 Å². The second-order valence-electron chi connectivity index (χ2n) is 5.54. The lowest BCUT2D eigenvalue weighted by Crippen LogP contribution is -3.08. The normalized spacial score (nSPS) is 11.8. The molecule has 4 nitrogen and oxygen atoms in total. The molecule has 0 spiro atoms. The molecule has 116 valence electrons. The molecule has 0 radical (unpaired) electrons. The van der Waals surface area contributed by atoms with Gasteiger partial charge in [-0.2, -0.15) is 0 Å². The number of carbonyl (C=O) groups excluding carboxylic acids is 1. The van der Waals surface area contributed by atoms with E-state index in [1.165, 1.54) is 0 Å². The van der Waals surface area contributed by atoms with Crippen molar-refractivity contribution in [3.63, 3.8) is 0 Å². The van der Waals surface area contributed by atoms with Gasteiger partial charge in [0.1, 0.15) is 12.3 Å². The number of carbonyl (C=O) groups is 1. The van der Waals surface area contributed by atoms with Crippen LogP contribution in [-0.4, -0.2) is 26.6 Å². The Bertz CT molecular complexity index is 640. The maximum atomic E-state index is 12.1. The standard InChI is InChI=1S/C18H22N2O2/c1-14-7-6-9-16(11-14)19-18(21)13-20(2)12-15-8-4-5-10-17(15)22-3/h4-11H,12-13H2,1-3H3,(H,19,21)/p+1. The van der Waals surface area contributed by atoms with Crippen molar-refractivity contribution in [1.29, 1.82) is 0 Å². The minimum Gasteiger partial charge on any atom is -0.496 e. The average Bonchev–Trinajstić information content (AvgIpc) is 2.47. The van der Waals surface area contributed by atoms with Crippen molar-refractivity contribution in [2.45, 2.75) is 13.5 Å². The number of ether oxygens (including phenoxy) is 1. The number of methoxy groups -OCH3 is 1. The van der Waals surface area contributed by atoms with E-state index in [0.29, 0.717) is 6.54 Å². The molecule has 0 aromatic heterocycles. The lowest BCUT2D eigenvalue weighted by atomic mass is 10.2. The van der Waals surface area contributed by atoms with Crippen LogP contribution in [0.3, 0.4) is 0 Å². The fourth-order valence-electron chi connectivity index (χ4n) is 2.44. The molecule has 1 amide bonds. The predicted octanol–water partition coefficient (Wildman–Crippen LogP) is 1.66. The molecule has 0 fully saturated rings. The van der Waals surface area contributed by atoms with Gasteiger partial charge in [0, 0.05) is 11.3 Å². The molecular formula is C18H23N2O2+. The topological polar surface area (TPSA) is 42.8 Å². The van der Waals surface area contributed by atoms with E-state index in [0.717, 1.165) is 34.0 Å². The summed E-state index contributed by atoms with van der Waals surface area (Å²) in [5.41, 5.74) is 3.08. The number of amides is 1. The average molecular weight is 299 g/mol. The van der Waals surface area contributed by atoms with Crippen LogP contribution in [0.15, 0.2) is 48.5 Å². The van der Waals surface area contributed by atoms with Crippen molar-refractivity contribution in [2.75, 3.05) is 26.0 Å². The number of anilines is 1. The van der Waals surface area contributed by atoms with E-state index in [-0.39, 0.29) is 5.91 Å². The van der Waals surface area contributed by atoms with Crippen LogP contribution in [0.2, 0.25) is 0 Å². The molecule has 22 heavy (non-hydrogen) atoms. The summed E-state index contributed by atoms with van der Waals surface area (Å²) in [6.07, 6.45) is 0. The van der Waals surface area contributed by atoms with Gasteiger partial charge in [-0.05, 0) is 36.8 Å². The van der Waals surface area contributed by atoms with Gasteiger partial charge in [-0.25, -0.2) is 0 Å². The summed E-state index contributed by atoms with van der Waals surface area (Å²) in [6.45, 7) is 3.16. The molecule has 0 saturated carbocycles. The summed E-state index contributed by atoms with van der Waals surface area (Å²) in [7, 11) is 3.67. The monoisotopic (exact) mass is 299 g/mol. The maximum Gasteiger partial charge on any atom is 0.279 e. The third kappa shape index (κ3) is 4.60. The first-order valence-corrected chi connectivity index (χ1v) is 7.38. The largest absolute Gasteiger partial charge is 0.496 e. The lowest BCUT2D eigenvalue weighted by Gasteiger charge is -2.15. The van der Waals surface area contributed by atoms with E-state index in [4.69, 9.17) is 4.74 Å². The molecule has 4 heteroatoms. The maximum absolute atomic E-state index is 12.1. The number of hydrogen-bond donors (Lipinski definition) is 2. The predicted molar refractivity (Wildman–Crippen MR) is 88.3 cm³/mol. The van der Waals surface area contributed by atoms with Crippen molar-refractivity contribution < 1.29 is 14.4 Å². The summed E-state index contributed by atoms with van der Waals surface area (Å²) in [5, 5.41) is 2.94. The van der Waals surface area contributed by atoms with E-state index >= 15 is 0 Å². The van der Waals surface area contributed by atoms with Crippen LogP contribution in [0.4, 0.5) is 5.69 Å². The van der Waals surface area contributed by atoms with Gasteiger partial charge in [-0.1, -0.05) is 24.3 Å². The zero-order valence-corrected chi connectivity index (χ0v) is 13.3. The third-order valence-electron chi connectivity index (χ3n) is 3.45. The molecule has 0 saturated heterocycles. The van der Waals surface area contributed by atoms with E-state index in [2.05, 4.69) is 5.32 Å². The van der Waals surface area contributed by atoms with Gasteiger partial charge in [-0.3, -0.25) is 4.79 Å². The van der Waals surface area contributed by atoms with Gasteiger partial charge in [0.2, 0.25) is 0 Å². The van der Waals surface area contributed by atoms with Gasteiger partial charge in [0.25, 0.3) is 5.91 Å². The fourth-order valence-corrected chi connectivity index (χ4v) is 2.44. The van der Waals surface area contributed by atoms with E-state index in [9.17, 15) is 4.79 Å². The number of likely N-dealkylation sites (N-methyl/N-ethyl adjacent to an activating group) is 1. The molecule has 2 aromatic carbocycles. The summed E-state index contributed by atoms with van der Waals surface area (Å²) in [6, 6.07) is 15.7. The molecule has 1 atom stereocenters. The fraction of sp³-hybridized carbons (Fsp3) is 0.278. The Kier molecular flexibility index (Phi) is 5.55. The quantitative estimate of drug-likeness (QED) is 0.852. The van der Waals surface area contributed by atoms with Crippen LogP contribution in [0.25, 0.3) is 0 Å². The van der Waals surface area contributed by atoms with Gasteiger partial charge in [0.05, 0.1) is 14.2 Å². The number of hydrogen-bond acceptors (Lipinski definition) is 2. The van der Waals surface area contributed by atoms with E-state index in [1.807, 2.05) is 62.5 Å². The molecule has 0 aliphatic rings. The second-order valence-corrected chi connectivity index (χ2v) is 5.54. The van der Waals surface area contributed by atoms with Crippen molar-refractivity contribution in [3.05, 3.63) is 59.7 Å². The second kappa shape index (κ2) is 7.61. The highest BCUT2D eigenvalue weighted by Crippen LogP contribution is 2.15. The number of nitrogens with one attached hydrogen (secondary N) is 2. The highest BCUT2D eigenvalue weighted by atomic mass is 16.5. The highest BCUT2D eigenvalue weighted by Gasteiger charge is 2.13. The SMILES string of the molecule is COc1ccccc1C[NH+](C)CC(=O)Nc1cccc(C)c1. The Morgan fingerprint density at radius 1 is 1.18 bits per heavy atom. The first-order chi connectivity index (χ1) is 10.6. The van der Waals surface area contributed by atoms with Gasteiger partial charge >= 0.3 is 0 Å². The Hall–Kier alpha value is -2.33. The molecule has 1 unspecified atom stereocenters. The van der Waals surface area contributed by atoms with Crippen LogP contribution in [0, 0.1) is 6.92 Å². The Morgan fingerprint density at radius 3 is 2.68 bits per heavy atom. The van der Waals surface area contributed by atoms with Gasteiger partial charge in [-0.15, -0.1) is 0 Å². The lowest BCUT2D eigenvalue weighted by molar-refractivity contribution is -0.885. The van der Waals surface area contributed by atoms with Gasteiger partial charge < -0.3 is 15.0 Å². The van der Waals surface area contributed by atoms with Crippen LogP contribution in [0.5, 0.6) is 5.75 Å². The van der Waals surface area contributed by atoms with E-state index < -0.39 is 0 Å². The minimum absolute atomic E-state index is 0.0120. The molecule has 2 rings (SSSR count). The number of para-hydroxylation sites is 1. The number of aryl methyl sites for hydroxylation is 1. The minimum atomic E-state index is 0.0120. The molecule has 2 N–H and O–H groups in total. The molecule has 0 heterocycles. The smallest absolute Gasteiger partial charge is 0.279 e. The summed E-state index contributed by atoms with van der Waals surface area (Å²) in [5.74, 6) is 0.874. The molecule has 0 bridgehead atoms. The number of benzene rings is 2. The molecule has 2 aromatic rings. The zero-order valence-electron chi connectivity index (χ0n) is 13.3. The molecule has 0 aliphatic carbocycles. The first-order valence-electron chi connectivity index (χ1n) is 7.38. The molecular weight excluding hydrogens is 276 g/mol. The molecule has 0 aliphatic heterocycles. The van der Waals surface area contributed by atoms with Crippen molar-refractivity contribution in [1.82, 2.24) is 0 Å². The first kappa shape index (κ1) is 16.0.